The summed E-state index contributed by atoms with van der Waals surface area (Å²) in [4.78, 5) is 25.7. The average molecular weight is 484 g/mol. The molecule has 3 aromatic rings. The third kappa shape index (κ3) is 4.93. The van der Waals surface area contributed by atoms with E-state index in [1.807, 2.05) is 27.7 Å². The van der Waals surface area contributed by atoms with Crippen molar-refractivity contribution in [2.45, 2.75) is 64.3 Å². The molecule has 0 fully saturated rings. The molecule has 0 saturated heterocycles. The highest BCUT2D eigenvalue weighted by Gasteiger charge is 2.30. The Hall–Kier alpha value is -2.97. The Morgan fingerprint density at radius 1 is 1.06 bits per heavy atom. The maximum Gasteiger partial charge on any atom is 0.339 e. The summed E-state index contributed by atoms with van der Waals surface area (Å²) < 4.78 is 39.8. The van der Waals surface area contributed by atoms with Gasteiger partial charge in [-0.25, -0.2) is 18.0 Å². The third-order valence-corrected chi connectivity index (χ3v) is 7.50. The molecular formula is C26H29NO6S. The van der Waals surface area contributed by atoms with Crippen LogP contribution in [-0.2, 0) is 27.7 Å². The predicted octanol–water partition coefficient (Wildman–Crippen LogP) is 4.20. The lowest BCUT2D eigenvalue weighted by Gasteiger charge is -2.20. The number of aryl methyl sites for hydroxylation is 3. The Labute approximate surface area is 199 Å². The first-order chi connectivity index (χ1) is 16.0. The van der Waals surface area contributed by atoms with Crippen LogP contribution in [0.5, 0.6) is 5.75 Å². The number of hydrogen-bond acceptors (Lipinski definition) is 6. The Bertz CT molecular complexity index is 1400. The first kappa shape index (κ1) is 24.2. The fraction of sp³-hybridized carbons (Fsp3) is 0.385. The van der Waals surface area contributed by atoms with Gasteiger partial charge in [0.2, 0.25) is 10.0 Å². The number of carbonyl (C=O) groups excluding carboxylic acids is 1. The molecular weight excluding hydrogens is 454 g/mol. The number of sulfonamides is 1. The van der Waals surface area contributed by atoms with Crippen molar-refractivity contribution in [1.29, 1.82) is 0 Å². The lowest BCUT2D eigenvalue weighted by Crippen LogP contribution is -2.43. The van der Waals surface area contributed by atoms with Gasteiger partial charge in [-0.1, -0.05) is 31.5 Å². The largest absolute Gasteiger partial charge is 0.425 e. The molecule has 1 heterocycles. The van der Waals surface area contributed by atoms with Crippen LogP contribution >= 0.6 is 0 Å². The highest BCUT2D eigenvalue weighted by molar-refractivity contribution is 7.89. The van der Waals surface area contributed by atoms with Crippen LogP contribution in [0.4, 0.5) is 0 Å². The van der Waals surface area contributed by atoms with E-state index < -0.39 is 22.0 Å². The van der Waals surface area contributed by atoms with Crippen molar-refractivity contribution in [1.82, 2.24) is 4.72 Å². The molecule has 1 aliphatic carbocycles. The molecule has 0 bridgehead atoms. The minimum Gasteiger partial charge on any atom is -0.425 e. The lowest BCUT2D eigenvalue weighted by atomic mass is 10.0. The fourth-order valence-corrected chi connectivity index (χ4v) is 5.60. The van der Waals surface area contributed by atoms with E-state index in [1.54, 1.807) is 24.3 Å². The fourth-order valence-electron chi connectivity index (χ4n) is 4.40. The first-order valence-corrected chi connectivity index (χ1v) is 12.9. The van der Waals surface area contributed by atoms with E-state index in [0.717, 1.165) is 23.1 Å². The van der Waals surface area contributed by atoms with Crippen molar-refractivity contribution in [3.63, 3.8) is 0 Å². The molecule has 2 aromatic carbocycles. The quantitative estimate of drug-likeness (QED) is 0.307. The molecule has 8 heteroatoms. The summed E-state index contributed by atoms with van der Waals surface area (Å²) in [5.74, 6) is -0.380. The van der Waals surface area contributed by atoms with Crippen molar-refractivity contribution in [2.24, 2.45) is 5.92 Å². The SMILES string of the molecule is Cc1ccc(S(=O)(=O)NC(CC(C)C)C(=O)Oc2cc(C)cc3oc(=O)c4c(c23)CCC4)cc1. The first-order valence-electron chi connectivity index (χ1n) is 11.4. The van der Waals surface area contributed by atoms with Crippen LogP contribution in [0.3, 0.4) is 0 Å². The van der Waals surface area contributed by atoms with Gasteiger partial charge in [-0.05, 0) is 80.8 Å². The van der Waals surface area contributed by atoms with Crippen LogP contribution in [0.15, 0.2) is 50.5 Å². The van der Waals surface area contributed by atoms with Crippen LogP contribution in [0, 0.1) is 19.8 Å². The number of fused-ring (bicyclic) bond motifs is 3. The van der Waals surface area contributed by atoms with Gasteiger partial charge in [-0.2, -0.15) is 4.72 Å². The van der Waals surface area contributed by atoms with Gasteiger partial charge in [-0.3, -0.25) is 0 Å². The van der Waals surface area contributed by atoms with E-state index in [2.05, 4.69) is 4.72 Å². The maximum absolute atomic E-state index is 13.3. The second-order valence-corrected chi connectivity index (χ2v) is 11.1. The van der Waals surface area contributed by atoms with E-state index >= 15 is 0 Å². The van der Waals surface area contributed by atoms with Crippen molar-refractivity contribution in [2.75, 3.05) is 0 Å². The Kier molecular flexibility index (Phi) is 6.64. The van der Waals surface area contributed by atoms with E-state index in [9.17, 15) is 18.0 Å². The standard InChI is InChI=1S/C26H29NO6S/c1-15(2)12-21(27-34(30,31)18-10-8-16(3)9-11-18)26(29)33-23-14-17(4)13-22-24(23)19-6-5-7-20(19)25(28)32-22/h8-11,13-15,21,27H,5-7,12H2,1-4H3. The normalized spacial score (nSPS) is 14.4. The van der Waals surface area contributed by atoms with Gasteiger partial charge in [0.05, 0.1) is 10.3 Å². The molecule has 0 saturated carbocycles. The number of nitrogens with one attached hydrogen (secondary N) is 1. The van der Waals surface area contributed by atoms with Gasteiger partial charge in [0.1, 0.15) is 17.4 Å². The zero-order valence-corrected chi connectivity index (χ0v) is 20.6. The molecule has 0 amide bonds. The molecule has 0 radical (unpaired) electrons. The van der Waals surface area contributed by atoms with Crippen molar-refractivity contribution >= 4 is 27.0 Å². The molecule has 1 atom stereocenters. The highest BCUT2D eigenvalue weighted by atomic mass is 32.2. The minimum absolute atomic E-state index is 0.0368. The molecule has 0 spiro atoms. The molecule has 4 rings (SSSR count). The molecule has 1 aromatic heterocycles. The monoisotopic (exact) mass is 483 g/mol. The average Bonchev–Trinajstić information content (AvgIpc) is 3.23. The Morgan fingerprint density at radius 3 is 2.41 bits per heavy atom. The second-order valence-electron chi connectivity index (χ2n) is 9.37. The van der Waals surface area contributed by atoms with Gasteiger partial charge in [0.25, 0.3) is 0 Å². The molecule has 180 valence electrons. The zero-order chi connectivity index (χ0) is 24.6. The summed E-state index contributed by atoms with van der Waals surface area (Å²) in [7, 11) is -3.94. The topological polar surface area (TPSA) is 103 Å². The van der Waals surface area contributed by atoms with Gasteiger partial charge in [0.15, 0.2) is 0 Å². The molecule has 1 unspecified atom stereocenters. The van der Waals surface area contributed by atoms with E-state index in [4.69, 9.17) is 9.15 Å². The summed E-state index contributed by atoms with van der Waals surface area (Å²) >= 11 is 0. The molecule has 34 heavy (non-hydrogen) atoms. The summed E-state index contributed by atoms with van der Waals surface area (Å²) in [5.41, 5.74) is 3.17. The van der Waals surface area contributed by atoms with Crippen molar-refractivity contribution < 1.29 is 22.4 Å². The minimum atomic E-state index is -3.94. The molecule has 1 N–H and O–H groups in total. The van der Waals surface area contributed by atoms with Crippen LogP contribution in [-0.4, -0.2) is 20.4 Å². The maximum atomic E-state index is 13.3. The molecule has 7 nitrogen and oxygen atoms in total. The summed E-state index contributed by atoms with van der Waals surface area (Å²) in [6.45, 7) is 7.50. The third-order valence-electron chi connectivity index (χ3n) is 6.01. The van der Waals surface area contributed by atoms with Crippen LogP contribution in [0.25, 0.3) is 11.0 Å². The number of ether oxygens (including phenoxy) is 1. The summed E-state index contributed by atoms with van der Waals surface area (Å²) in [6, 6.07) is 8.82. The molecule has 1 aliphatic rings. The smallest absolute Gasteiger partial charge is 0.339 e. The Balaban J connectivity index is 1.69. The second kappa shape index (κ2) is 9.35. The van der Waals surface area contributed by atoms with E-state index in [-0.39, 0.29) is 28.6 Å². The van der Waals surface area contributed by atoms with Crippen LogP contribution < -0.4 is 15.1 Å². The van der Waals surface area contributed by atoms with Crippen molar-refractivity contribution in [3.05, 3.63) is 69.1 Å². The Morgan fingerprint density at radius 2 is 1.74 bits per heavy atom. The number of rotatable bonds is 7. The van der Waals surface area contributed by atoms with Gasteiger partial charge in [-0.15, -0.1) is 0 Å². The van der Waals surface area contributed by atoms with Crippen molar-refractivity contribution in [3.8, 4) is 5.75 Å². The number of esters is 1. The zero-order valence-electron chi connectivity index (χ0n) is 19.8. The van der Waals surface area contributed by atoms with Gasteiger partial charge in [0, 0.05) is 5.56 Å². The predicted molar refractivity (Wildman–Crippen MR) is 130 cm³/mol. The lowest BCUT2D eigenvalue weighted by molar-refractivity contribution is -0.136. The molecule has 0 aliphatic heterocycles. The highest BCUT2D eigenvalue weighted by Crippen LogP contribution is 2.35. The van der Waals surface area contributed by atoms with Crippen LogP contribution in [0.2, 0.25) is 0 Å². The number of carbonyl (C=O) groups is 1. The number of hydrogen-bond donors (Lipinski definition) is 1. The van der Waals surface area contributed by atoms with Gasteiger partial charge < -0.3 is 9.15 Å². The summed E-state index contributed by atoms with van der Waals surface area (Å²) in [6.07, 6.45) is 2.41. The van der Waals surface area contributed by atoms with Crippen LogP contribution in [0.1, 0.15) is 48.9 Å². The van der Waals surface area contributed by atoms with E-state index in [0.29, 0.717) is 29.4 Å². The number of benzene rings is 2. The summed E-state index contributed by atoms with van der Waals surface area (Å²) in [5, 5.41) is 0.607. The van der Waals surface area contributed by atoms with Gasteiger partial charge >= 0.3 is 11.6 Å². The van der Waals surface area contributed by atoms with E-state index in [1.165, 1.54) is 12.1 Å².